The molecule has 0 spiro atoms. The summed E-state index contributed by atoms with van der Waals surface area (Å²) in [4.78, 5) is 2.54. The number of nitrogens with one attached hydrogen (secondary N) is 1. The van der Waals surface area contributed by atoms with Crippen molar-refractivity contribution in [3.63, 3.8) is 0 Å². The van der Waals surface area contributed by atoms with E-state index in [1.54, 1.807) is 7.11 Å². The Morgan fingerprint density at radius 3 is 2.78 bits per heavy atom. The lowest BCUT2D eigenvalue weighted by atomic mass is 10.1. The van der Waals surface area contributed by atoms with Crippen molar-refractivity contribution >= 4 is 10.9 Å². The lowest BCUT2D eigenvalue weighted by Crippen LogP contribution is -2.44. The van der Waals surface area contributed by atoms with Crippen LogP contribution in [-0.4, -0.2) is 55.8 Å². The fourth-order valence-corrected chi connectivity index (χ4v) is 3.33. The standard InChI is InChI=1S/C18H28N4O/c1-23-16-3-4-17-15(5-10-21-11-7-20-8-12-21)14-22(9-2-6-19)18(17)13-16/h3-4,13-14,20H,2,5-12,19H2,1H3. The summed E-state index contributed by atoms with van der Waals surface area (Å²) in [5.41, 5.74) is 8.38. The van der Waals surface area contributed by atoms with Crippen LogP contribution >= 0.6 is 0 Å². The highest BCUT2D eigenvalue weighted by atomic mass is 16.5. The zero-order valence-corrected chi connectivity index (χ0v) is 14.1. The Kier molecular flexibility index (Phi) is 5.54. The fourth-order valence-electron chi connectivity index (χ4n) is 3.33. The van der Waals surface area contributed by atoms with Crippen molar-refractivity contribution in [3.8, 4) is 5.75 Å². The van der Waals surface area contributed by atoms with Gasteiger partial charge in [-0.3, -0.25) is 0 Å². The molecule has 126 valence electrons. The van der Waals surface area contributed by atoms with Crippen LogP contribution < -0.4 is 15.8 Å². The summed E-state index contributed by atoms with van der Waals surface area (Å²) >= 11 is 0. The Morgan fingerprint density at radius 1 is 1.22 bits per heavy atom. The highest BCUT2D eigenvalue weighted by Crippen LogP contribution is 2.26. The molecule has 0 unspecified atom stereocenters. The van der Waals surface area contributed by atoms with Crippen LogP contribution in [0.15, 0.2) is 24.4 Å². The Balaban J connectivity index is 1.80. The van der Waals surface area contributed by atoms with Gasteiger partial charge < -0.3 is 25.3 Å². The van der Waals surface area contributed by atoms with Crippen molar-refractivity contribution in [2.75, 3.05) is 46.4 Å². The molecule has 2 aromatic rings. The SMILES string of the molecule is COc1ccc2c(CCN3CCNCC3)cn(CCCN)c2c1. The summed E-state index contributed by atoms with van der Waals surface area (Å²) in [5.74, 6) is 0.915. The monoisotopic (exact) mass is 316 g/mol. The molecule has 1 aliphatic heterocycles. The van der Waals surface area contributed by atoms with E-state index in [4.69, 9.17) is 10.5 Å². The summed E-state index contributed by atoms with van der Waals surface area (Å²) in [6, 6.07) is 6.39. The Morgan fingerprint density at radius 2 is 2.04 bits per heavy atom. The Bertz CT molecular complexity index is 631. The number of hydrogen-bond donors (Lipinski definition) is 2. The number of methoxy groups -OCH3 is 1. The summed E-state index contributed by atoms with van der Waals surface area (Å²) in [7, 11) is 1.72. The van der Waals surface area contributed by atoms with E-state index in [1.165, 1.54) is 16.5 Å². The van der Waals surface area contributed by atoms with Gasteiger partial charge in [0.1, 0.15) is 5.75 Å². The van der Waals surface area contributed by atoms with Crippen molar-refractivity contribution < 1.29 is 4.74 Å². The summed E-state index contributed by atoms with van der Waals surface area (Å²) < 4.78 is 7.72. The van der Waals surface area contributed by atoms with E-state index in [1.807, 2.05) is 0 Å². The van der Waals surface area contributed by atoms with Crippen LogP contribution in [0.3, 0.4) is 0 Å². The zero-order chi connectivity index (χ0) is 16.1. The maximum atomic E-state index is 5.69. The highest BCUT2D eigenvalue weighted by molar-refractivity contribution is 5.85. The number of ether oxygens (including phenoxy) is 1. The van der Waals surface area contributed by atoms with Gasteiger partial charge in [0.25, 0.3) is 0 Å². The van der Waals surface area contributed by atoms with Crippen molar-refractivity contribution in [2.45, 2.75) is 19.4 Å². The molecule has 0 atom stereocenters. The molecule has 1 saturated heterocycles. The molecule has 1 aromatic carbocycles. The number of aryl methyl sites for hydroxylation is 1. The van der Waals surface area contributed by atoms with E-state index in [0.29, 0.717) is 0 Å². The normalized spacial score (nSPS) is 16.1. The molecule has 0 radical (unpaired) electrons. The third-order valence-electron chi connectivity index (χ3n) is 4.68. The summed E-state index contributed by atoms with van der Waals surface area (Å²) in [6.07, 6.45) is 4.40. The van der Waals surface area contributed by atoms with Gasteiger partial charge in [0, 0.05) is 56.9 Å². The van der Waals surface area contributed by atoms with Gasteiger partial charge in [0.05, 0.1) is 12.6 Å². The molecule has 0 saturated carbocycles. The van der Waals surface area contributed by atoms with Gasteiger partial charge in [-0.05, 0) is 37.1 Å². The fraction of sp³-hybridized carbons (Fsp3) is 0.556. The number of hydrogen-bond acceptors (Lipinski definition) is 4. The summed E-state index contributed by atoms with van der Waals surface area (Å²) in [6.45, 7) is 7.33. The van der Waals surface area contributed by atoms with Crippen molar-refractivity contribution in [3.05, 3.63) is 30.0 Å². The Hall–Kier alpha value is -1.56. The maximum absolute atomic E-state index is 5.69. The average Bonchev–Trinajstić information content (AvgIpc) is 2.96. The van der Waals surface area contributed by atoms with Crippen molar-refractivity contribution in [2.24, 2.45) is 5.73 Å². The van der Waals surface area contributed by atoms with E-state index >= 15 is 0 Å². The van der Waals surface area contributed by atoms with Gasteiger partial charge in [-0.2, -0.15) is 0 Å². The Labute approximate surface area is 138 Å². The van der Waals surface area contributed by atoms with Gasteiger partial charge in [-0.25, -0.2) is 0 Å². The molecule has 3 rings (SSSR count). The first-order valence-corrected chi connectivity index (χ1v) is 8.60. The second kappa shape index (κ2) is 7.81. The van der Waals surface area contributed by atoms with Crippen molar-refractivity contribution in [1.29, 1.82) is 0 Å². The number of piperazine rings is 1. The number of rotatable bonds is 7. The number of nitrogens with zero attached hydrogens (tertiary/aromatic N) is 2. The van der Waals surface area contributed by atoms with Gasteiger partial charge in [0.2, 0.25) is 0 Å². The molecule has 3 N–H and O–H groups in total. The largest absolute Gasteiger partial charge is 0.497 e. The second-order valence-electron chi connectivity index (χ2n) is 6.21. The molecular formula is C18H28N4O. The third kappa shape index (κ3) is 3.86. The molecule has 5 nitrogen and oxygen atoms in total. The minimum Gasteiger partial charge on any atom is -0.497 e. The lowest BCUT2D eigenvalue weighted by molar-refractivity contribution is 0.244. The van der Waals surface area contributed by atoms with Gasteiger partial charge in [0.15, 0.2) is 0 Å². The molecule has 1 aromatic heterocycles. The van der Waals surface area contributed by atoms with Crippen LogP contribution in [0.2, 0.25) is 0 Å². The van der Waals surface area contributed by atoms with Crippen LogP contribution in [0.5, 0.6) is 5.75 Å². The van der Waals surface area contributed by atoms with E-state index in [9.17, 15) is 0 Å². The third-order valence-corrected chi connectivity index (χ3v) is 4.68. The first-order chi connectivity index (χ1) is 11.3. The van der Waals surface area contributed by atoms with E-state index in [2.05, 4.69) is 39.2 Å². The van der Waals surface area contributed by atoms with Crippen LogP contribution in [0.25, 0.3) is 10.9 Å². The number of fused-ring (bicyclic) bond motifs is 1. The highest BCUT2D eigenvalue weighted by Gasteiger charge is 2.13. The second-order valence-corrected chi connectivity index (χ2v) is 6.21. The van der Waals surface area contributed by atoms with E-state index < -0.39 is 0 Å². The molecule has 1 fully saturated rings. The topological polar surface area (TPSA) is 55.5 Å². The molecule has 1 aliphatic rings. The quantitative estimate of drug-likeness (QED) is 0.812. The molecule has 23 heavy (non-hydrogen) atoms. The minimum absolute atomic E-state index is 0.722. The molecule has 0 amide bonds. The van der Waals surface area contributed by atoms with Gasteiger partial charge >= 0.3 is 0 Å². The number of nitrogens with two attached hydrogens (primary N) is 1. The predicted octanol–water partition coefficient (Wildman–Crippen LogP) is 1.45. The van der Waals surface area contributed by atoms with Gasteiger partial charge in [-0.1, -0.05) is 0 Å². The van der Waals surface area contributed by atoms with E-state index in [0.717, 1.165) is 64.4 Å². The smallest absolute Gasteiger partial charge is 0.120 e. The van der Waals surface area contributed by atoms with E-state index in [-0.39, 0.29) is 0 Å². The number of aromatic nitrogens is 1. The first kappa shape index (κ1) is 16.3. The maximum Gasteiger partial charge on any atom is 0.120 e. The average molecular weight is 316 g/mol. The molecule has 5 heteroatoms. The van der Waals surface area contributed by atoms with Crippen LogP contribution in [-0.2, 0) is 13.0 Å². The molecular weight excluding hydrogens is 288 g/mol. The van der Waals surface area contributed by atoms with Crippen LogP contribution in [0, 0.1) is 0 Å². The predicted molar refractivity (Wildman–Crippen MR) is 95.2 cm³/mol. The molecule has 2 heterocycles. The lowest BCUT2D eigenvalue weighted by Gasteiger charge is -2.26. The zero-order valence-electron chi connectivity index (χ0n) is 14.1. The minimum atomic E-state index is 0.722. The van der Waals surface area contributed by atoms with Crippen LogP contribution in [0.1, 0.15) is 12.0 Å². The molecule has 0 aliphatic carbocycles. The first-order valence-electron chi connectivity index (χ1n) is 8.60. The number of benzene rings is 1. The molecule has 0 bridgehead atoms. The summed E-state index contributed by atoms with van der Waals surface area (Å²) in [5, 5.41) is 4.76. The van der Waals surface area contributed by atoms with Gasteiger partial charge in [-0.15, -0.1) is 0 Å². The van der Waals surface area contributed by atoms with Crippen LogP contribution in [0.4, 0.5) is 0 Å². The van der Waals surface area contributed by atoms with Crippen molar-refractivity contribution in [1.82, 2.24) is 14.8 Å².